The van der Waals surface area contributed by atoms with Crippen molar-refractivity contribution in [2.75, 3.05) is 44.3 Å². The third-order valence-corrected chi connectivity index (χ3v) is 6.77. The van der Waals surface area contributed by atoms with E-state index in [0.29, 0.717) is 52.4 Å². The molecule has 1 aliphatic heterocycles. The minimum Gasteiger partial charge on any atom is -0.423 e. The summed E-state index contributed by atoms with van der Waals surface area (Å²) in [6.07, 6.45) is 7.28. The Bertz CT molecular complexity index is 1510. The molecule has 5 rings (SSSR count). The lowest BCUT2D eigenvalue weighted by atomic mass is 10.2. The van der Waals surface area contributed by atoms with Gasteiger partial charge in [-0.1, -0.05) is 24.6 Å². The number of hydrogen-bond donors (Lipinski definition) is 2. The number of nitrogens with one attached hydrogen (secondary N) is 1. The van der Waals surface area contributed by atoms with Crippen LogP contribution in [0.15, 0.2) is 47.3 Å². The predicted molar refractivity (Wildman–Crippen MR) is 141 cm³/mol. The molecule has 192 valence electrons. The number of likely N-dealkylation sites (N-methyl/N-ethyl adjacent to an activating group) is 1. The predicted octanol–water partition coefficient (Wildman–Crippen LogP) is 3.34. The highest BCUT2D eigenvalue weighted by Gasteiger charge is 2.30. The highest BCUT2D eigenvalue weighted by atomic mass is 35.5. The van der Waals surface area contributed by atoms with Crippen LogP contribution in [0.5, 0.6) is 0 Å². The van der Waals surface area contributed by atoms with E-state index in [1.54, 1.807) is 35.4 Å². The first-order valence-corrected chi connectivity index (χ1v) is 12.3. The Morgan fingerprint density at radius 3 is 3.00 bits per heavy atom. The summed E-state index contributed by atoms with van der Waals surface area (Å²) >= 11 is 6.02. The van der Waals surface area contributed by atoms with Crippen molar-refractivity contribution in [3.63, 3.8) is 0 Å². The molecule has 4 heterocycles. The van der Waals surface area contributed by atoms with E-state index in [2.05, 4.69) is 32.1 Å². The largest absolute Gasteiger partial charge is 0.423 e. The van der Waals surface area contributed by atoms with Crippen molar-refractivity contribution in [3.8, 4) is 0 Å². The Hall–Kier alpha value is -3.96. The fraction of sp³-hybridized carbons (Fsp3) is 0.320. The molecule has 4 aromatic rings. The van der Waals surface area contributed by atoms with E-state index in [4.69, 9.17) is 21.8 Å². The number of rotatable bonds is 7. The number of carbonyl (C=O) groups excluding carboxylic acids is 2. The second kappa shape index (κ2) is 10.2. The van der Waals surface area contributed by atoms with Crippen LogP contribution in [-0.2, 0) is 4.79 Å². The van der Waals surface area contributed by atoms with E-state index < -0.39 is 5.91 Å². The van der Waals surface area contributed by atoms with Gasteiger partial charge in [0.15, 0.2) is 5.58 Å². The van der Waals surface area contributed by atoms with Gasteiger partial charge in [0.05, 0.1) is 17.0 Å². The lowest BCUT2D eigenvalue weighted by Crippen LogP contribution is -2.27. The quantitative estimate of drug-likeness (QED) is 0.353. The van der Waals surface area contributed by atoms with Gasteiger partial charge < -0.3 is 24.5 Å². The zero-order chi connectivity index (χ0) is 26.1. The highest BCUT2D eigenvalue weighted by molar-refractivity contribution is 6.31. The average molecular weight is 523 g/mol. The van der Waals surface area contributed by atoms with Crippen molar-refractivity contribution in [1.82, 2.24) is 29.3 Å². The summed E-state index contributed by atoms with van der Waals surface area (Å²) in [4.78, 5) is 42.7. The highest BCUT2D eigenvalue weighted by Crippen LogP contribution is 2.31. The summed E-state index contributed by atoms with van der Waals surface area (Å²) < 4.78 is 7.53. The molecular weight excluding hydrogens is 496 g/mol. The van der Waals surface area contributed by atoms with Crippen molar-refractivity contribution < 1.29 is 14.0 Å². The number of hydrogen-bond acceptors (Lipinski definition) is 8. The minimum absolute atomic E-state index is 0.0355. The van der Waals surface area contributed by atoms with Crippen LogP contribution in [-0.4, -0.2) is 74.4 Å². The summed E-state index contributed by atoms with van der Waals surface area (Å²) in [6, 6.07) is 4.99. The first-order valence-electron chi connectivity index (χ1n) is 12.0. The second-order valence-corrected chi connectivity index (χ2v) is 9.41. The van der Waals surface area contributed by atoms with Gasteiger partial charge in [-0.05, 0) is 38.2 Å². The number of likely N-dealkylation sites (tertiary alicyclic amines) is 1. The molecule has 1 fully saturated rings. The van der Waals surface area contributed by atoms with Gasteiger partial charge in [-0.15, -0.1) is 0 Å². The summed E-state index contributed by atoms with van der Waals surface area (Å²) in [6.45, 7) is 4.78. The third kappa shape index (κ3) is 5.00. The van der Waals surface area contributed by atoms with Crippen LogP contribution >= 0.6 is 11.6 Å². The van der Waals surface area contributed by atoms with E-state index in [1.165, 1.54) is 6.33 Å². The molecule has 1 saturated heterocycles. The number of halogens is 1. The number of amides is 2. The zero-order valence-electron chi connectivity index (χ0n) is 20.5. The fourth-order valence-electron chi connectivity index (χ4n) is 4.41. The standard InChI is InChI=1S/C25H27ClN8O3/c1-3-32(2)9-4-5-20(35)33-10-8-16(12-33)34-13-17(21-22(27)28-14-29-23(21)34)24(36)31-25-30-18-11-15(26)6-7-19(18)37-25/h4-7,11,13-14,16H,3,8-10,12H2,1-2H3,(H2,27,28,29)(H,30,31,36). The van der Waals surface area contributed by atoms with Crippen molar-refractivity contribution in [3.05, 3.63) is 53.5 Å². The number of nitrogen functional groups attached to an aromatic ring is 1. The maximum Gasteiger partial charge on any atom is 0.302 e. The normalized spacial score (nSPS) is 16.0. The lowest BCUT2D eigenvalue weighted by Gasteiger charge is -2.16. The molecule has 0 spiro atoms. The molecule has 0 bridgehead atoms. The number of nitrogens with zero attached hydrogens (tertiary/aromatic N) is 6. The van der Waals surface area contributed by atoms with Crippen molar-refractivity contribution in [2.45, 2.75) is 19.4 Å². The zero-order valence-corrected chi connectivity index (χ0v) is 21.3. The van der Waals surface area contributed by atoms with E-state index in [9.17, 15) is 9.59 Å². The molecule has 1 aliphatic rings. The molecular formula is C25H27ClN8O3. The Labute approximate surface area is 217 Å². The Morgan fingerprint density at radius 2 is 2.19 bits per heavy atom. The van der Waals surface area contributed by atoms with E-state index >= 15 is 0 Å². The van der Waals surface area contributed by atoms with Crippen LogP contribution in [0.4, 0.5) is 11.8 Å². The minimum atomic E-state index is -0.461. The number of benzene rings is 1. The average Bonchev–Trinajstić information content (AvgIpc) is 3.60. The first-order chi connectivity index (χ1) is 17.8. The van der Waals surface area contributed by atoms with Gasteiger partial charge in [0.1, 0.15) is 23.3 Å². The van der Waals surface area contributed by atoms with Crippen LogP contribution in [0, 0.1) is 0 Å². The Balaban J connectivity index is 1.38. The van der Waals surface area contributed by atoms with Crippen molar-refractivity contribution in [1.29, 1.82) is 0 Å². The van der Waals surface area contributed by atoms with Gasteiger partial charge >= 0.3 is 6.01 Å². The topological polar surface area (TPSA) is 135 Å². The molecule has 0 aliphatic carbocycles. The number of anilines is 2. The van der Waals surface area contributed by atoms with Crippen LogP contribution in [0.25, 0.3) is 22.1 Å². The molecule has 0 radical (unpaired) electrons. The summed E-state index contributed by atoms with van der Waals surface area (Å²) in [5.74, 6) is -0.310. The summed E-state index contributed by atoms with van der Waals surface area (Å²) in [5.41, 5.74) is 8.01. The van der Waals surface area contributed by atoms with Gasteiger partial charge in [-0.25, -0.2) is 9.97 Å². The second-order valence-electron chi connectivity index (χ2n) is 8.98. The maximum absolute atomic E-state index is 13.3. The lowest BCUT2D eigenvalue weighted by molar-refractivity contribution is -0.125. The van der Waals surface area contributed by atoms with Gasteiger partial charge in [0.2, 0.25) is 5.91 Å². The monoisotopic (exact) mass is 522 g/mol. The van der Waals surface area contributed by atoms with Gasteiger partial charge in [-0.2, -0.15) is 4.98 Å². The summed E-state index contributed by atoms with van der Waals surface area (Å²) in [5, 5.41) is 3.64. The smallest absolute Gasteiger partial charge is 0.302 e. The van der Waals surface area contributed by atoms with Gasteiger partial charge in [-0.3, -0.25) is 14.9 Å². The molecule has 1 atom stereocenters. The number of carbonyl (C=O) groups is 2. The fourth-order valence-corrected chi connectivity index (χ4v) is 4.58. The SMILES string of the molecule is CCN(C)CC=CC(=O)N1CCC(n2cc(C(=O)Nc3nc4cc(Cl)ccc4o3)c3c(N)ncnc32)C1. The van der Waals surface area contributed by atoms with E-state index in [-0.39, 0.29) is 23.8 Å². The Morgan fingerprint density at radius 1 is 1.35 bits per heavy atom. The van der Waals surface area contributed by atoms with Crippen LogP contribution in [0.1, 0.15) is 29.7 Å². The molecule has 37 heavy (non-hydrogen) atoms. The molecule has 1 aromatic carbocycles. The molecule has 12 heteroatoms. The molecule has 11 nitrogen and oxygen atoms in total. The van der Waals surface area contributed by atoms with Crippen LogP contribution in [0.3, 0.4) is 0 Å². The van der Waals surface area contributed by atoms with E-state index in [0.717, 1.165) is 13.0 Å². The van der Waals surface area contributed by atoms with Crippen molar-refractivity contribution in [2.24, 2.45) is 0 Å². The Kier molecular flexibility index (Phi) is 6.81. The van der Waals surface area contributed by atoms with E-state index in [1.807, 2.05) is 17.7 Å². The molecule has 0 saturated carbocycles. The molecule has 1 unspecified atom stereocenters. The van der Waals surface area contributed by atoms with Crippen LogP contribution < -0.4 is 11.1 Å². The van der Waals surface area contributed by atoms with Gasteiger partial charge in [0.25, 0.3) is 5.91 Å². The molecule has 3 N–H and O–H groups in total. The number of nitrogens with two attached hydrogens (primary N) is 1. The molecule has 2 amide bonds. The first kappa shape index (κ1) is 24.7. The molecule has 3 aromatic heterocycles. The third-order valence-electron chi connectivity index (χ3n) is 6.54. The number of fused-ring (bicyclic) bond motifs is 2. The number of aromatic nitrogens is 4. The van der Waals surface area contributed by atoms with Gasteiger partial charge in [0, 0.05) is 36.9 Å². The maximum atomic E-state index is 13.3. The summed E-state index contributed by atoms with van der Waals surface area (Å²) in [7, 11) is 2.00. The number of oxazole rings is 1. The van der Waals surface area contributed by atoms with Crippen LogP contribution in [0.2, 0.25) is 5.02 Å². The van der Waals surface area contributed by atoms with Crippen molar-refractivity contribution >= 4 is 57.4 Å².